The predicted molar refractivity (Wildman–Crippen MR) is 79.6 cm³/mol. The molecule has 1 heterocycles. The molecule has 18 heavy (non-hydrogen) atoms. The number of rotatable bonds is 2. The van der Waals surface area contributed by atoms with Gasteiger partial charge in [0, 0.05) is 28.7 Å². The molecule has 2 nitrogen and oxygen atoms in total. The first-order valence-electron chi connectivity index (χ1n) is 5.51. The maximum atomic E-state index is 12.8. The Morgan fingerprint density at radius 1 is 1.39 bits per heavy atom. The van der Waals surface area contributed by atoms with E-state index < -0.39 is 6.17 Å². The van der Waals surface area contributed by atoms with Gasteiger partial charge in [-0.15, -0.1) is 0 Å². The molecule has 0 amide bonds. The molecule has 0 unspecified atom stereocenters. The molecule has 1 aliphatic rings. The van der Waals surface area contributed by atoms with Gasteiger partial charge in [0.1, 0.15) is 18.0 Å². The van der Waals surface area contributed by atoms with Crippen LogP contribution in [0, 0.1) is 3.57 Å². The van der Waals surface area contributed by atoms with E-state index in [4.69, 9.17) is 27.9 Å². The highest BCUT2D eigenvalue weighted by Crippen LogP contribution is 2.41. The van der Waals surface area contributed by atoms with Gasteiger partial charge in [-0.1, -0.05) is 23.2 Å². The third-order valence-electron chi connectivity index (χ3n) is 3.10. The Morgan fingerprint density at radius 2 is 2.11 bits per heavy atom. The number of aromatic amines is 1. The lowest BCUT2D eigenvalue weighted by Gasteiger charge is -2.30. The van der Waals surface area contributed by atoms with Gasteiger partial charge < -0.3 is 9.72 Å². The molecule has 0 bridgehead atoms. The Hall–Kier alpha value is -0.200. The first-order valence-corrected chi connectivity index (χ1v) is 7.35. The molecule has 3 rings (SSSR count). The van der Waals surface area contributed by atoms with Gasteiger partial charge in [-0.25, -0.2) is 4.39 Å². The maximum Gasteiger partial charge on any atom is 0.131 e. The minimum Gasteiger partial charge on any atom is -0.489 e. The second-order valence-corrected chi connectivity index (χ2v) is 6.31. The highest BCUT2D eigenvalue weighted by Gasteiger charge is 2.31. The fraction of sp³-hybridized carbons (Fsp3) is 0.333. The van der Waals surface area contributed by atoms with Crippen LogP contribution in [0.3, 0.4) is 0 Å². The van der Waals surface area contributed by atoms with Gasteiger partial charge in [0.2, 0.25) is 0 Å². The van der Waals surface area contributed by atoms with Crippen LogP contribution in [0.25, 0.3) is 10.9 Å². The van der Waals surface area contributed by atoms with Crippen molar-refractivity contribution in [3.63, 3.8) is 0 Å². The molecular weight excluding hydrogens is 391 g/mol. The normalized spacial score (nSPS) is 23.1. The van der Waals surface area contributed by atoms with E-state index in [1.54, 1.807) is 6.07 Å². The first-order chi connectivity index (χ1) is 8.56. The van der Waals surface area contributed by atoms with Crippen molar-refractivity contribution in [2.24, 2.45) is 0 Å². The van der Waals surface area contributed by atoms with Gasteiger partial charge in [-0.3, -0.25) is 0 Å². The minimum atomic E-state index is -0.737. The number of ether oxygens (including phenoxy) is 1. The number of fused-ring (bicyclic) bond motifs is 1. The van der Waals surface area contributed by atoms with E-state index in [1.807, 2.05) is 6.20 Å². The lowest BCUT2D eigenvalue weighted by Crippen LogP contribution is -2.34. The summed E-state index contributed by atoms with van der Waals surface area (Å²) in [6, 6.07) is 1.70. The number of hydrogen-bond acceptors (Lipinski definition) is 1. The summed E-state index contributed by atoms with van der Waals surface area (Å²) in [4.78, 5) is 3.08. The third-order valence-corrected chi connectivity index (χ3v) is 4.73. The number of H-pyrrole nitrogens is 1. The van der Waals surface area contributed by atoms with Crippen LogP contribution in [-0.4, -0.2) is 17.3 Å². The fourth-order valence-electron chi connectivity index (χ4n) is 2.05. The number of alkyl halides is 1. The smallest absolute Gasteiger partial charge is 0.131 e. The van der Waals surface area contributed by atoms with Crippen molar-refractivity contribution in [3.05, 3.63) is 25.9 Å². The van der Waals surface area contributed by atoms with E-state index in [0.717, 1.165) is 14.5 Å². The average molecular weight is 400 g/mol. The van der Waals surface area contributed by atoms with Crippen LogP contribution in [0.4, 0.5) is 4.39 Å². The molecule has 2 aromatic rings. The molecule has 1 aliphatic carbocycles. The summed E-state index contributed by atoms with van der Waals surface area (Å²) in [5.74, 6) is 0.668. The molecular formula is C12H9Cl2FINO. The lowest BCUT2D eigenvalue weighted by atomic mass is 9.93. The Bertz CT molecular complexity index is 610. The van der Waals surface area contributed by atoms with E-state index in [0.29, 0.717) is 28.6 Å². The molecule has 96 valence electrons. The van der Waals surface area contributed by atoms with Crippen molar-refractivity contribution in [2.75, 3.05) is 0 Å². The summed E-state index contributed by atoms with van der Waals surface area (Å²) in [6.45, 7) is 0. The van der Waals surface area contributed by atoms with Crippen LogP contribution < -0.4 is 4.74 Å². The van der Waals surface area contributed by atoms with Gasteiger partial charge in [0.25, 0.3) is 0 Å². The zero-order valence-electron chi connectivity index (χ0n) is 9.14. The molecule has 0 atom stereocenters. The predicted octanol–water partition coefficient (Wildman–Crippen LogP) is 4.96. The largest absolute Gasteiger partial charge is 0.489 e. The zero-order valence-corrected chi connectivity index (χ0v) is 12.8. The van der Waals surface area contributed by atoms with Gasteiger partial charge in [-0.05, 0) is 22.6 Å². The molecule has 1 N–H and O–H groups in total. The standard InChI is InChI=1S/C12H9Cl2FINO/c13-7-3-9(18-6-1-5(15)2-6)10-8(16)4-17-12(10)11(7)14/h3-6,17H,1-2H2/t5-,6+. The van der Waals surface area contributed by atoms with Crippen molar-refractivity contribution < 1.29 is 9.13 Å². The number of benzene rings is 1. The van der Waals surface area contributed by atoms with Crippen LogP contribution in [0.1, 0.15) is 12.8 Å². The van der Waals surface area contributed by atoms with Crippen molar-refractivity contribution in [3.8, 4) is 5.75 Å². The van der Waals surface area contributed by atoms with Crippen LogP contribution in [0.15, 0.2) is 12.3 Å². The molecule has 0 saturated heterocycles. The third kappa shape index (κ3) is 2.08. The van der Waals surface area contributed by atoms with Crippen LogP contribution >= 0.6 is 45.8 Å². The van der Waals surface area contributed by atoms with E-state index >= 15 is 0 Å². The molecule has 0 radical (unpaired) electrons. The summed E-state index contributed by atoms with van der Waals surface area (Å²) in [5, 5.41) is 1.83. The summed E-state index contributed by atoms with van der Waals surface area (Å²) in [7, 11) is 0. The molecule has 0 spiro atoms. The lowest BCUT2D eigenvalue weighted by molar-refractivity contribution is 0.0421. The Morgan fingerprint density at radius 3 is 2.78 bits per heavy atom. The maximum absolute atomic E-state index is 12.8. The number of aromatic nitrogens is 1. The summed E-state index contributed by atoms with van der Waals surface area (Å²) in [6.07, 6.45) is 1.94. The summed E-state index contributed by atoms with van der Waals surface area (Å²) in [5.41, 5.74) is 0.764. The van der Waals surface area contributed by atoms with Gasteiger partial charge in [0.15, 0.2) is 0 Å². The monoisotopic (exact) mass is 399 g/mol. The average Bonchev–Trinajstić information content (AvgIpc) is 2.66. The SMILES string of the molecule is F[C@H]1C[C@@H](Oc2cc(Cl)c(Cl)c3[nH]cc(I)c23)C1. The van der Waals surface area contributed by atoms with E-state index in [9.17, 15) is 4.39 Å². The number of nitrogens with one attached hydrogen (secondary N) is 1. The van der Waals surface area contributed by atoms with E-state index in [2.05, 4.69) is 27.6 Å². The number of halogens is 4. The van der Waals surface area contributed by atoms with Crippen LogP contribution in [0.5, 0.6) is 5.75 Å². The zero-order chi connectivity index (χ0) is 12.9. The topological polar surface area (TPSA) is 25.0 Å². The van der Waals surface area contributed by atoms with Crippen molar-refractivity contribution in [1.82, 2.24) is 4.98 Å². The van der Waals surface area contributed by atoms with Gasteiger partial charge >= 0.3 is 0 Å². The summed E-state index contributed by atoms with van der Waals surface area (Å²) < 4.78 is 19.6. The Balaban J connectivity index is 2.04. The fourth-order valence-corrected chi connectivity index (χ4v) is 3.14. The highest BCUT2D eigenvalue weighted by atomic mass is 127. The van der Waals surface area contributed by atoms with Crippen molar-refractivity contribution >= 4 is 56.7 Å². The molecule has 1 fully saturated rings. The highest BCUT2D eigenvalue weighted by molar-refractivity contribution is 14.1. The molecule has 1 aromatic heterocycles. The second kappa shape index (κ2) is 4.72. The summed E-state index contributed by atoms with van der Waals surface area (Å²) >= 11 is 14.4. The minimum absolute atomic E-state index is 0.0638. The van der Waals surface area contributed by atoms with Crippen molar-refractivity contribution in [1.29, 1.82) is 0 Å². The van der Waals surface area contributed by atoms with Crippen LogP contribution in [-0.2, 0) is 0 Å². The Kier molecular flexibility index (Phi) is 3.36. The number of hydrogen-bond donors (Lipinski definition) is 1. The van der Waals surface area contributed by atoms with E-state index in [1.165, 1.54) is 0 Å². The van der Waals surface area contributed by atoms with Gasteiger partial charge in [0.05, 0.1) is 20.9 Å². The molecule has 6 heteroatoms. The van der Waals surface area contributed by atoms with Crippen LogP contribution in [0.2, 0.25) is 10.0 Å². The first kappa shape index (κ1) is 12.8. The second-order valence-electron chi connectivity index (χ2n) is 4.37. The van der Waals surface area contributed by atoms with Gasteiger partial charge in [-0.2, -0.15) is 0 Å². The Labute approximate surface area is 127 Å². The molecule has 1 aromatic carbocycles. The molecule has 0 aliphatic heterocycles. The molecule has 1 saturated carbocycles. The van der Waals surface area contributed by atoms with E-state index in [-0.39, 0.29) is 6.10 Å². The quantitative estimate of drug-likeness (QED) is 0.709. The van der Waals surface area contributed by atoms with Crippen molar-refractivity contribution in [2.45, 2.75) is 25.1 Å².